The minimum Gasteiger partial charge on any atom is -0.497 e. The monoisotopic (exact) mass is 689 g/mol. The van der Waals surface area contributed by atoms with E-state index in [1.54, 1.807) is 7.11 Å². The number of aromatic nitrogens is 1. The number of nitrogens with two attached hydrogens (primary N) is 1. The molecule has 13 heteroatoms. The lowest BCUT2D eigenvalue weighted by Crippen LogP contribution is -2.59. The van der Waals surface area contributed by atoms with E-state index in [-0.39, 0.29) is 19.4 Å². The predicted octanol–water partition coefficient (Wildman–Crippen LogP) is 3.30. The maximum atomic E-state index is 14.1. The summed E-state index contributed by atoms with van der Waals surface area (Å²) in [7, 11) is -2.28. The fourth-order valence-electron chi connectivity index (χ4n) is 6.28. The maximum Gasteiger partial charge on any atom is 0.259 e. The number of methoxy groups -OCH3 is 1. The van der Waals surface area contributed by atoms with Gasteiger partial charge >= 0.3 is 0 Å². The molecule has 3 aliphatic rings. The van der Waals surface area contributed by atoms with Crippen LogP contribution in [-0.4, -0.2) is 78.7 Å². The van der Waals surface area contributed by atoms with E-state index >= 15 is 0 Å². The van der Waals surface area contributed by atoms with Gasteiger partial charge in [0.2, 0.25) is 21.8 Å². The number of sulfonamides is 1. The highest BCUT2D eigenvalue weighted by Gasteiger charge is 2.62. The van der Waals surface area contributed by atoms with Gasteiger partial charge in [0.25, 0.3) is 5.91 Å². The Labute approximate surface area is 286 Å². The zero-order chi connectivity index (χ0) is 35.3. The van der Waals surface area contributed by atoms with E-state index in [4.69, 9.17) is 20.2 Å². The van der Waals surface area contributed by atoms with Gasteiger partial charge in [-0.3, -0.25) is 19.1 Å². The number of rotatable bonds is 11. The number of hydrogen-bond donors (Lipinski definition) is 3. The first-order valence-corrected chi connectivity index (χ1v) is 18.0. The maximum absolute atomic E-state index is 14.1. The smallest absolute Gasteiger partial charge is 0.259 e. The molecule has 0 spiro atoms. The molecule has 1 unspecified atom stereocenters. The van der Waals surface area contributed by atoms with E-state index < -0.39 is 68.1 Å². The van der Waals surface area contributed by atoms with Crippen molar-refractivity contribution in [2.45, 2.75) is 75.4 Å². The van der Waals surface area contributed by atoms with Crippen molar-refractivity contribution in [3.05, 3.63) is 67.3 Å². The molecule has 0 radical (unpaired) electrons. The van der Waals surface area contributed by atoms with Gasteiger partial charge in [0.1, 0.15) is 29.2 Å². The van der Waals surface area contributed by atoms with Gasteiger partial charge < -0.3 is 25.4 Å². The number of likely N-dealkylation sites (tertiary alicyclic amines) is 1. The van der Waals surface area contributed by atoms with Gasteiger partial charge in [-0.15, -0.1) is 6.58 Å². The average Bonchev–Trinajstić information content (AvgIpc) is 4.00. The topological polar surface area (TPSA) is 170 Å². The average molecular weight is 690 g/mol. The molecule has 5 atom stereocenters. The number of benzene rings is 2. The molecule has 3 aromatic rings. The van der Waals surface area contributed by atoms with Gasteiger partial charge in [-0.05, 0) is 36.8 Å². The van der Waals surface area contributed by atoms with Crippen molar-refractivity contribution in [2.24, 2.45) is 17.1 Å². The number of nitrogens with one attached hydrogen (secondary N) is 2. The van der Waals surface area contributed by atoms with Crippen LogP contribution in [0.5, 0.6) is 11.5 Å². The molecule has 0 bridgehead atoms. The van der Waals surface area contributed by atoms with Gasteiger partial charge in [0.05, 0.1) is 36.2 Å². The fourth-order valence-corrected chi connectivity index (χ4v) is 7.64. The molecule has 1 saturated heterocycles. The van der Waals surface area contributed by atoms with Crippen LogP contribution in [-0.2, 0) is 24.4 Å². The molecular weight excluding hydrogens is 646 g/mol. The summed E-state index contributed by atoms with van der Waals surface area (Å²) in [5, 5.41) is 2.92. The summed E-state index contributed by atoms with van der Waals surface area (Å²) >= 11 is 0. The molecule has 2 aliphatic carbocycles. The van der Waals surface area contributed by atoms with Crippen molar-refractivity contribution in [3.8, 4) is 22.8 Å². The molecule has 3 amide bonds. The molecule has 6 rings (SSSR count). The van der Waals surface area contributed by atoms with E-state index in [2.05, 4.69) is 16.6 Å². The molecule has 2 aromatic carbocycles. The van der Waals surface area contributed by atoms with Crippen molar-refractivity contribution < 1.29 is 32.3 Å². The quantitative estimate of drug-likeness (QED) is 0.256. The van der Waals surface area contributed by atoms with Gasteiger partial charge in [-0.2, -0.15) is 0 Å². The van der Waals surface area contributed by atoms with Crippen molar-refractivity contribution in [2.75, 3.05) is 13.7 Å². The minimum absolute atomic E-state index is 0.0570. The lowest BCUT2D eigenvalue weighted by Gasteiger charge is -2.33. The number of fused-ring (bicyclic) bond motifs is 1. The number of ether oxygens (including phenoxy) is 2. The van der Waals surface area contributed by atoms with Crippen LogP contribution in [0.3, 0.4) is 0 Å². The summed E-state index contributed by atoms with van der Waals surface area (Å²) in [6.45, 7) is 9.36. The van der Waals surface area contributed by atoms with Crippen LogP contribution in [0.25, 0.3) is 22.2 Å². The van der Waals surface area contributed by atoms with E-state index in [9.17, 15) is 22.8 Å². The molecule has 2 saturated carbocycles. The molecule has 1 aromatic heterocycles. The lowest BCUT2D eigenvalue weighted by atomic mass is 9.86. The van der Waals surface area contributed by atoms with Crippen LogP contribution in [0.1, 0.15) is 46.5 Å². The Kier molecular flexibility index (Phi) is 8.95. The SMILES string of the molecule is C=C[C@@H]1C[C@]1(NC(=O)C1C[C@@H](Oc2cc(-c3ccccc3)nc3cc(OC)ccc23)CN1C(=O)[C@@H](N)C(C)(C)C)C(=O)NS(=O)(=O)C1CC1. The van der Waals surface area contributed by atoms with Crippen LogP contribution < -0.4 is 25.2 Å². The number of nitrogens with zero attached hydrogens (tertiary/aromatic N) is 2. The first-order chi connectivity index (χ1) is 23.2. The third-order valence-electron chi connectivity index (χ3n) is 9.64. The van der Waals surface area contributed by atoms with E-state index in [0.29, 0.717) is 35.6 Å². The molecular formula is C36H43N5O7S. The normalized spacial score (nSPS) is 24.2. The van der Waals surface area contributed by atoms with E-state index in [0.717, 1.165) is 10.9 Å². The third-order valence-corrected chi connectivity index (χ3v) is 11.5. The fraction of sp³-hybridized carbons (Fsp3) is 0.444. The van der Waals surface area contributed by atoms with Crippen LogP contribution in [0.4, 0.5) is 0 Å². The Morgan fingerprint density at radius 1 is 1.12 bits per heavy atom. The Morgan fingerprint density at radius 3 is 2.45 bits per heavy atom. The Balaban J connectivity index is 1.31. The van der Waals surface area contributed by atoms with Gasteiger partial charge in [-0.25, -0.2) is 13.4 Å². The van der Waals surface area contributed by atoms with Gasteiger partial charge in [-0.1, -0.05) is 57.2 Å². The van der Waals surface area contributed by atoms with Crippen LogP contribution in [0.15, 0.2) is 67.3 Å². The second-order valence-corrected chi connectivity index (χ2v) is 16.2. The molecule has 1 aliphatic heterocycles. The van der Waals surface area contributed by atoms with Crippen LogP contribution in [0, 0.1) is 11.3 Å². The Morgan fingerprint density at radius 2 is 1.84 bits per heavy atom. The highest BCUT2D eigenvalue weighted by atomic mass is 32.2. The van der Waals surface area contributed by atoms with Gasteiger partial charge in [0, 0.05) is 35.4 Å². The minimum atomic E-state index is -3.86. The second-order valence-electron chi connectivity index (χ2n) is 14.3. The van der Waals surface area contributed by atoms with Crippen LogP contribution >= 0.6 is 0 Å². The zero-order valence-corrected chi connectivity index (χ0v) is 29.0. The summed E-state index contributed by atoms with van der Waals surface area (Å²) in [6.07, 6.45) is 2.15. The predicted molar refractivity (Wildman–Crippen MR) is 185 cm³/mol. The molecule has 12 nitrogen and oxygen atoms in total. The second kappa shape index (κ2) is 12.8. The summed E-state index contributed by atoms with van der Waals surface area (Å²) in [5.41, 5.74) is 6.52. The highest BCUT2D eigenvalue weighted by Crippen LogP contribution is 2.45. The summed E-state index contributed by atoms with van der Waals surface area (Å²) in [5.74, 6) is -1.17. The summed E-state index contributed by atoms with van der Waals surface area (Å²) in [4.78, 5) is 47.6. The van der Waals surface area contributed by atoms with Gasteiger partial charge in [0.15, 0.2) is 0 Å². The highest BCUT2D eigenvalue weighted by molar-refractivity contribution is 7.91. The number of hydrogen-bond acceptors (Lipinski definition) is 9. The van der Waals surface area contributed by atoms with Crippen molar-refractivity contribution in [1.82, 2.24) is 19.9 Å². The Hall–Kier alpha value is -4.49. The standard InChI is InChI=1S/C36H43N5O7S/c1-6-22-19-36(22,34(44)40-49(45,46)25-13-14-25)39-32(42)29-17-24(20-41(29)33(43)31(37)35(2,3)4)48-30-18-27(21-10-8-7-9-11-21)38-28-16-23(47-5)12-15-26(28)30/h6-12,15-16,18,22,24-25,29,31H,1,13-14,17,19-20,37H2,2-5H3,(H,39,42)(H,40,44)/t22-,24-,29?,31-,36-/m1/s1. The third kappa shape index (κ3) is 6.86. The molecule has 3 fully saturated rings. The number of amides is 3. The van der Waals surface area contributed by atoms with E-state index in [1.807, 2.05) is 75.4 Å². The first-order valence-electron chi connectivity index (χ1n) is 16.4. The van der Waals surface area contributed by atoms with Crippen LogP contribution in [0.2, 0.25) is 0 Å². The number of pyridine rings is 1. The molecule has 260 valence electrons. The molecule has 49 heavy (non-hydrogen) atoms. The molecule has 4 N–H and O–H groups in total. The first kappa shape index (κ1) is 34.4. The zero-order valence-electron chi connectivity index (χ0n) is 28.1. The number of carbonyl (C=O) groups excluding carboxylic acids is 3. The largest absolute Gasteiger partial charge is 0.497 e. The Bertz CT molecular complexity index is 1910. The van der Waals surface area contributed by atoms with Crippen molar-refractivity contribution in [3.63, 3.8) is 0 Å². The lowest BCUT2D eigenvalue weighted by molar-refractivity contribution is -0.142. The summed E-state index contributed by atoms with van der Waals surface area (Å²) in [6, 6.07) is 15.0. The number of carbonyl (C=O) groups is 3. The van der Waals surface area contributed by atoms with E-state index in [1.165, 1.54) is 11.0 Å². The molecule has 2 heterocycles. The summed E-state index contributed by atoms with van der Waals surface area (Å²) < 4.78 is 39.5. The van der Waals surface area contributed by atoms with Crippen molar-refractivity contribution >= 4 is 38.6 Å². The van der Waals surface area contributed by atoms with Crippen molar-refractivity contribution in [1.29, 1.82) is 0 Å².